The number of benzene rings is 1. The summed E-state index contributed by atoms with van der Waals surface area (Å²) < 4.78 is 20.4. The van der Waals surface area contributed by atoms with Crippen molar-refractivity contribution in [3.8, 4) is 11.5 Å². The zero-order valence-electron chi connectivity index (χ0n) is 15.3. The van der Waals surface area contributed by atoms with E-state index >= 15 is 0 Å². The number of fused-ring (bicyclic) bond motifs is 1. The van der Waals surface area contributed by atoms with Gasteiger partial charge >= 0.3 is 0 Å². The van der Waals surface area contributed by atoms with E-state index in [1.807, 2.05) is 0 Å². The molecule has 3 aromatic rings. The molecule has 0 radical (unpaired) electrons. The second kappa shape index (κ2) is 8.33. The fourth-order valence-electron chi connectivity index (χ4n) is 2.76. The van der Waals surface area contributed by atoms with Gasteiger partial charge < -0.3 is 9.84 Å². The van der Waals surface area contributed by atoms with Gasteiger partial charge in [-0.05, 0) is 64.3 Å². The SMILES string of the molecule is CC(Oc1cc(/C=C2\Sc3ncccc3C2=O)c(Br)c(F)c1O)c1cnc(Cl)nc1. The van der Waals surface area contributed by atoms with Gasteiger partial charge in [-0.1, -0.05) is 11.8 Å². The topological polar surface area (TPSA) is 85.2 Å². The van der Waals surface area contributed by atoms with Crippen molar-refractivity contribution in [1.82, 2.24) is 15.0 Å². The van der Waals surface area contributed by atoms with E-state index in [1.54, 1.807) is 25.3 Å². The standard InChI is InChI=1S/C20H12BrClFN3O3S/c1-9(11-7-25-20(22)26-8-11)29-13-5-10(15(21)16(23)18(13)28)6-14-17(27)12-3-2-4-24-19(12)30-14/h2-9,28H,1H3/b14-6-. The molecule has 1 atom stereocenters. The molecular formula is C20H12BrClFN3O3S. The number of halogens is 3. The summed E-state index contributed by atoms with van der Waals surface area (Å²) in [6, 6.07) is 4.83. The number of thioether (sulfide) groups is 1. The third-order valence-electron chi connectivity index (χ3n) is 4.32. The maximum atomic E-state index is 14.6. The van der Waals surface area contributed by atoms with Crippen molar-refractivity contribution in [2.45, 2.75) is 18.1 Å². The number of nitrogens with zero attached hydrogens (tertiary/aromatic N) is 3. The first-order chi connectivity index (χ1) is 14.3. The van der Waals surface area contributed by atoms with Gasteiger partial charge in [0, 0.05) is 24.2 Å². The Morgan fingerprint density at radius 3 is 2.77 bits per heavy atom. The van der Waals surface area contributed by atoms with Gasteiger partial charge in [0.2, 0.25) is 11.1 Å². The van der Waals surface area contributed by atoms with E-state index in [0.29, 0.717) is 26.6 Å². The molecular weight excluding hydrogens is 497 g/mol. The number of rotatable bonds is 4. The van der Waals surface area contributed by atoms with Gasteiger partial charge in [-0.25, -0.2) is 19.3 Å². The number of pyridine rings is 1. The number of hydrogen-bond donors (Lipinski definition) is 1. The Labute approximate surface area is 188 Å². The van der Waals surface area contributed by atoms with Crippen molar-refractivity contribution < 1.29 is 19.0 Å². The van der Waals surface area contributed by atoms with Crippen LogP contribution in [0.15, 0.2) is 51.2 Å². The molecule has 4 rings (SSSR count). The van der Waals surface area contributed by atoms with Gasteiger partial charge in [0.15, 0.2) is 17.3 Å². The van der Waals surface area contributed by atoms with Crippen molar-refractivity contribution in [2.75, 3.05) is 0 Å². The summed E-state index contributed by atoms with van der Waals surface area (Å²) in [7, 11) is 0. The molecule has 30 heavy (non-hydrogen) atoms. The van der Waals surface area contributed by atoms with Gasteiger partial charge in [-0.15, -0.1) is 0 Å². The molecule has 1 aliphatic rings. The minimum atomic E-state index is -0.898. The van der Waals surface area contributed by atoms with E-state index in [1.165, 1.54) is 36.3 Å². The van der Waals surface area contributed by atoms with Crippen molar-refractivity contribution in [2.24, 2.45) is 0 Å². The summed E-state index contributed by atoms with van der Waals surface area (Å²) in [5.41, 5.74) is 1.42. The van der Waals surface area contributed by atoms with Crippen LogP contribution in [-0.2, 0) is 0 Å². The highest BCUT2D eigenvalue weighted by Gasteiger charge is 2.28. The van der Waals surface area contributed by atoms with Gasteiger partial charge in [0.05, 0.1) is 14.9 Å². The van der Waals surface area contributed by atoms with Gasteiger partial charge in [0.25, 0.3) is 0 Å². The van der Waals surface area contributed by atoms with Crippen LogP contribution in [0, 0.1) is 5.82 Å². The number of phenolic OH excluding ortho intramolecular Hbond substituents is 1. The molecule has 10 heteroatoms. The molecule has 2 aromatic heterocycles. The van der Waals surface area contributed by atoms with Crippen LogP contribution < -0.4 is 4.74 Å². The Hall–Kier alpha value is -2.49. The highest BCUT2D eigenvalue weighted by atomic mass is 79.9. The molecule has 6 nitrogen and oxygen atoms in total. The molecule has 1 N–H and O–H groups in total. The fourth-order valence-corrected chi connectivity index (χ4v) is 4.26. The van der Waals surface area contributed by atoms with Crippen LogP contribution in [0.5, 0.6) is 11.5 Å². The van der Waals surface area contributed by atoms with E-state index in [4.69, 9.17) is 16.3 Å². The molecule has 0 fully saturated rings. The van der Waals surface area contributed by atoms with Crippen molar-refractivity contribution in [1.29, 1.82) is 0 Å². The first kappa shape index (κ1) is 20.8. The van der Waals surface area contributed by atoms with Crippen LogP contribution in [0.25, 0.3) is 6.08 Å². The number of aromatic nitrogens is 3. The maximum absolute atomic E-state index is 14.6. The molecule has 0 aliphatic carbocycles. The number of carbonyl (C=O) groups excluding carboxylic acids is 1. The number of hydrogen-bond acceptors (Lipinski definition) is 7. The fraction of sp³-hybridized carbons (Fsp3) is 0.100. The smallest absolute Gasteiger partial charge is 0.222 e. The highest BCUT2D eigenvalue weighted by molar-refractivity contribution is 9.10. The van der Waals surface area contributed by atoms with Crippen LogP contribution in [0.4, 0.5) is 4.39 Å². The zero-order valence-corrected chi connectivity index (χ0v) is 18.4. The van der Waals surface area contributed by atoms with Crippen LogP contribution in [0.1, 0.15) is 34.5 Å². The minimum Gasteiger partial charge on any atom is -0.502 e. The van der Waals surface area contributed by atoms with Crippen LogP contribution in [0.3, 0.4) is 0 Å². The molecule has 1 aliphatic heterocycles. The maximum Gasteiger partial charge on any atom is 0.222 e. The summed E-state index contributed by atoms with van der Waals surface area (Å²) in [5, 5.41) is 10.9. The van der Waals surface area contributed by atoms with Crippen molar-refractivity contribution in [3.05, 3.63) is 74.0 Å². The Balaban J connectivity index is 1.68. The largest absolute Gasteiger partial charge is 0.502 e. The highest BCUT2D eigenvalue weighted by Crippen LogP contribution is 2.43. The van der Waals surface area contributed by atoms with Crippen molar-refractivity contribution in [3.63, 3.8) is 0 Å². The third kappa shape index (κ3) is 3.92. The lowest BCUT2D eigenvalue weighted by Crippen LogP contribution is -2.05. The second-order valence-electron chi connectivity index (χ2n) is 6.28. The van der Waals surface area contributed by atoms with E-state index in [9.17, 15) is 14.3 Å². The first-order valence-electron chi connectivity index (χ1n) is 8.59. The third-order valence-corrected chi connectivity index (χ3v) is 6.36. The van der Waals surface area contributed by atoms with Crippen LogP contribution >= 0.6 is 39.3 Å². The Morgan fingerprint density at radius 2 is 2.07 bits per heavy atom. The average molecular weight is 509 g/mol. The molecule has 152 valence electrons. The molecule has 0 spiro atoms. The predicted octanol–water partition coefficient (Wildman–Crippen LogP) is 5.60. The summed E-state index contributed by atoms with van der Waals surface area (Å²) in [6.07, 6.45) is 5.50. The van der Waals surface area contributed by atoms with E-state index in [-0.39, 0.29) is 21.3 Å². The summed E-state index contributed by atoms with van der Waals surface area (Å²) in [6.45, 7) is 1.70. The van der Waals surface area contributed by atoms with Crippen LogP contribution in [0.2, 0.25) is 5.28 Å². The lowest BCUT2D eigenvalue weighted by atomic mass is 10.1. The molecule has 0 saturated heterocycles. The summed E-state index contributed by atoms with van der Waals surface area (Å²) in [5.74, 6) is -1.83. The predicted molar refractivity (Wildman–Crippen MR) is 114 cm³/mol. The van der Waals surface area contributed by atoms with E-state index in [2.05, 4.69) is 30.9 Å². The zero-order chi connectivity index (χ0) is 21.4. The molecule has 1 unspecified atom stereocenters. The average Bonchev–Trinajstić information content (AvgIpc) is 3.06. The number of phenols is 1. The van der Waals surface area contributed by atoms with Crippen LogP contribution in [-0.4, -0.2) is 25.8 Å². The minimum absolute atomic E-state index is 0.0136. The number of allylic oxidation sites excluding steroid dienone is 1. The van der Waals surface area contributed by atoms with Gasteiger partial charge in [-0.3, -0.25) is 4.79 Å². The lowest BCUT2D eigenvalue weighted by molar-refractivity contribution is 0.104. The summed E-state index contributed by atoms with van der Waals surface area (Å²) >= 11 is 10.0. The Bertz CT molecular complexity index is 1190. The molecule has 0 saturated carbocycles. The quantitative estimate of drug-likeness (QED) is 0.362. The van der Waals surface area contributed by atoms with Gasteiger partial charge in [0.1, 0.15) is 11.1 Å². The van der Waals surface area contributed by atoms with E-state index < -0.39 is 17.7 Å². The van der Waals surface area contributed by atoms with Crippen molar-refractivity contribution >= 4 is 51.2 Å². The summed E-state index contributed by atoms with van der Waals surface area (Å²) in [4.78, 5) is 24.9. The monoisotopic (exact) mass is 507 g/mol. The Kier molecular flexibility index (Phi) is 5.77. The second-order valence-corrected chi connectivity index (χ2v) is 8.44. The number of ketones is 1. The Morgan fingerprint density at radius 1 is 1.33 bits per heavy atom. The lowest BCUT2D eigenvalue weighted by Gasteiger charge is -2.17. The number of aromatic hydroxyl groups is 1. The number of ether oxygens (including phenoxy) is 1. The van der Waals surface area contributed by atoms with E-state index in [0.717, 1.165) is 0 Å². The first-order valence-corrected chi connectivity index (χ1v) is 10.6. The number of Topliss-reactive ketones (excluding diaryl/α,β-unsaturated/α-hetero) is 1. The molecule has 3 heterocycles. The number of carbonyl (C=O) groups is 1. The molecule has 0 bridgehead atoms. The molecule has 0 amide bonds. The molecule has 1 aromatic carbocycles. The normalized spacial score (nSPS) is 15.3. The van der Waals surface area contributed by atoms with Gasteiger partial charge in [-0.2, -0.15) is 0 Å².